The van der Waals surface area contributed by atoms with Gasteiger partial charge in [-0.1, -0.05) is 15.9 Å². The molecule has 1 saturated heterocycles. The van der Waals surface area contributed by atoms with Gasteiger partial charge in [0.2, 0.25) is 0 Å². The number of aliphatic hydroxyl groups excluding tert-OH is 1. The van der Waals surface area contributed by atoms with Crippen LogP contribution in [0, 0.1) is 0 Å². The summed E-state index contributed by atoms with van der Waals surface area (Å²) in [6.07, 6.45) is 0.935. The van der Waals surface area contributed by atoms with Crippen molar-refractivity contribution in [2.45, 2.75) is 6.42 Å². The zero-order valence-electron chi connectivity index (χ0n) is 12.0. The van der Waals surface area contributed by atoms with E-state index in [1.54, 1.807) is 0 Å². The number of nitrogens with zero attached hydrogens (tertiary/aromatic N) is 2. The average Bonchev–Trinajstić information content (AvgIpc) is 2.72. The molecular formula is C15H21BrN2O3. The standard InChI is InChI=1S/C15H21BrN2O3/c16-13-2-4-14(5-3-13)21-12-15(20)18-7-1-6-17(8-9-18)10-11-19/h2-5,19H,1,6-12H2. The summed E-state index contributed by atoms with van der Waals surface area (Å²) in [7, 11) is 0. The number of amides is 1. The molecule has 0 bridgehead atoms. The maximum atomic E-state index is 12.2. The van der Waals surface area contributed by atoms with Gasteiger partial charge in [-0.3, -0.25) is 9.69 Å². The highest BCUT2D eigenvalue weighted by Crippen LogP contribution is 2.16. The molecule has 0 aliphatic carbocycles. The maximum Gasteiger partial charge on any atom is 0.260 e. The van der Waals surface area contributed by atoms with E-state index in [1.165, 1.54) is 0 Å². The Morgan fingerprint density at radius 1 is 1.19 bits per heavy atom. The van der Waals surface area contributed by atoms with Crippen LogP contribution in [-0.2, 0) is 4.79 Å². The number of carbonyl (C=O) groups excluding carboxylic acids is 1. The number of carbonyl (C=O) groups is 1. The quantitative estimate of drug-likeness (QED) is 0.865. The van der Waals surface area contributed by atoms with E-state index in [4.69, 9.17) is 9.84 Å². The van der Waals surface area contributed by atoms with E-state index >= 15 is 0 Å². The molecule has 1 N–H and O–H groups in total. The molecule has 5 nitrogen and oxygen atoms in total. The van der Waals surface area contributed by atoms with Gasteiger partial charge in [0.05, 0.1) is 6.61 Å². The van der Waals surface area contributed by atoms with Crippen molar-refractivity contribution < 1.29 is 14.6 Å². The number of hydrogen-bond acceptors (Lipinski definition) is 4. The molecule has 1 fully saturated rings. The molecule has 1 heterocycles. The predicted octanol–water partition coefficient (Wildman–Crippen LogP) is 1.35. The second-order valence-electron chi connectivity index (χ2n) is 5.04. The number of hydrogen-bond donors (Lipinski definition) is 1. The van der Waals surface area contributed by atoms with Crippen molar-refractivity contribution in [2.75, 3.05) is 45.9 Å². The van der Waals surface area contributed by atoms with Crippen molar-refractivity contribution in [3.8, 4) is 5.75 Å². The van der Waals surface area contributed by atoms with Gasteiger partial charge < -0.3 is 14.7 Å². The molecule has 1 aromatic carbocycles. The van der Waals surface area contributed by atoms with Gasteiger partial charge in [-0.2, -0.15) is 0 Å². The van der Waals surface area contributed by atoms with Gasteiger partial charge in [0.25, 0.3) is 5.91 Å². The molecule has 0 aromatic heterocycles. The zero-order chi connectivity index (χ0) is 15.1. The first-order chi connectivity index (χ1) is 10.2. The lowest BCUT2D eigenvalue weighted by Crippen LogP contribution is -2.38. The predicted molar refractivity (Wildman–Crippen MR) is 84.4 cm³/mol. The third-order valence-corrected chi connectivity index (χ3v) is 4.06. The Balaban J connectivity index is 1.79. The first kappa shape index (κ1) is 16.3. The molecule has 21 heavy (non-hydrogen) atoms. The monoisotopic (exact) mass is 356 g/mol. The Hall–Kier alpha value is -1.11. The van der Waals surface area contributed by atoms with Crippen LogP contribution in [-0.4, -0.2) is 66.8 Å². The molecule has 1 aliphatic rings. The lowest BCUT2D eigenvalue weighted by atomic mass is 10.3. The lowest BCUT2D eigenvalue weighted by Gasteiger charge is -2.21. The van der Waals surface area contributed by atoms with E-state index in [9.17, 15) is 4.79 Å². The maximum absolute atomic E-state index is 12.2. The summed E-state index contributed by atoms with van der Waals surface area (Å²) < 4.78 is 6.51. The smallest absolute Gasteiger partial charge is 0.260 e. The van der Waals surface area contributed by atoms with Gasteiger partial charge in [-0.05, 0) is 37.2 Å². The van der Waals surface area contributed by atoms with Crippen molar-refractivity contribution in [2.24, 2.45) is 0 Å². The molecule has 1 aliphatic heterocycles. The van der Waals surface area contributed by atoms with Crippen molar-refractivity contribution >= 4 is 21.8 Å². The van der Waals surface area contributed by atoms with Gasteiger partial charge in [-0.15, -0.1) is 0 Å². The molecule has 0 atom stereocenters. The van der Waals surface area contributed by atoms with Gasteiger partial charge >= 0.3 is 0 Å². The summed E-state index contributed by atoms with van der Waals surface area (Å²) in [5.41, 5.74) is 0. The summed E-state index contributed by atoms with van der Waals surface area (Å²) in [5, 5.41) is 8.97. The minimum absolute atomic E-state index is 0.0174. The van der Waals surface area contributed by atoms with Crippen molar-refractivity contribution in [1.82, 2.24) is 9.80 Å². The van der Waals surface area contributed by atoms with Crippen LogP contribution in [0.25, 0.3) is 0 Å². The second-order valence-corrected chi connectivity index (χ2v) is 5.96. The Bertz CT molecular complexity index is 453. The number of β-amino-alcohol motifs (C(OH)–C–C–N with tert-alkyl or cyclic N) is 1. The van der Waals surface area contributed by atoms with Crippen LogP contribution in [0.4, 0.5) is 0 Å². The van der Waals surface area contributed by atoms with Crippen molar-refractivity contribution in [3.63, 3.8) is 0 Å². The van der Waals surface area contributed by atoms with E-state index in [0.29, 0.717) is 18.8 Å². The Morgan fingerprint density at radius 2 is 1.95 bits per heavy atom. The molecular weight excluding hydrogens is 336 g/mol. The number of ether oxygens (including phenoxy) is 1. The number of benzene rings is 1. The Kier molecular flexibility index (Phi) is 6.48. The highest BCUT2D eigenvalue weighted by molar-refractivity contribution is 9.10. The number of aliphatic hydroxyl groups is 1. The van der Waals surface area contributed by atoms with Crippen LogP contribution in [0.15, 0.2) is 28.7 Å². The minimum atomic E-state index is 0.0174. The fraction of sp³-hybridized carbons (Fsp3) is 0.533. The van der Waals surface area contributed by atoms with Gasteiger partial charge in [0.1, 0.15) is 5.75 Å². The van der Waals surface area contributed by atoms with E-state index in [0.717, 1.165) is 30.5 Å². The fourth-order valence-corrected chi connectivity index (χ4v) is 2.62. The largest absolute Gasteiger partial charge is 0.484 e. The Morgan fingerprint density at radius 3 is 2.67 bits per heavy atom. The summed E-state index contributed by atoms with van der Waals surface area (Å²) in [4.78, 5) is 16.2. The first-order valence-electron chi connectivity index (χ1n) is 7.18. The third kappa shape index (κ3) is 5.30. The molecule has 0 saturated carbocycles. The topological polar surface area (TPSA) is 53.0 Å². The average molecular weight is 357 g/mol. The summed E-state index contributed by atoms with van der Waals surface area (Å²) in [5.74, 6) is 0.715. The molecule has 116 valence electrons. The van der Waals surface area contributed by atoms with E-state index in [1.807, 2.05) is 29.2 Å². The van der Waals surface area contributed by atoms with Gasteiger partial charge in [0.15, 0.2) is 6.61 Å². The summed E-state index contributed by atoms with van der Waals surface area (Å²) in [6, 6.07) is 7.45. The van der Waals surface area contributed by atoms with Crippen LogP contribution < -0.4 is 4.74 Å². The summed E-state index contributed by atoms with van der Waals surface area (Å²) >= 11 is 3.36. The Labute approximate surface area is 133 Å². The summed E-state index contributed by atoms with van der Waals surface area (Å²) in [6.45, 7) is 4.11. The highest BCUT2D eigenvalue weighted by atomic mass is 79.9. The molecule has 0 radical (unpaired) electrons. The lowest BCUT2D eigenvalue weighted by molar-refractivity contribution is -0.133. The van der Waals surface area contributed by atoms with E-state index in [2.05, 4.69) is 20.8 Å². The van der Waals surface area contributed by atoms with E-state index in [-0.39, 0.29) is 19.1 Å². The molecule has 0 spiro atoms. The van der Waals surface area contributed by atoms with Crippen LogP contribution in [0.2, 0.25) is 0 Å². The number of rotatable bonds is 5. The molecule has 0 unspecified atom stereocenters. The highest BCUT2D eigenvalue weighted by Gasteiger charge is 2.19. The van der Waals surface area contributed by atoms with Crippen molar-refractivity contribution in [3.05, 3.63) is 28.7 Å². The molecule has 2 rings (SSSR count). The fourth-order valence-electron chi connectivity index (χ4n) is 2.35. The SMILES string of the molecule is O=C(COc1ccc(Br)cc1)N1CCCN(CCO)CC1. The molecule has 6 heteroatoms. The van der Waals surface area contributed by atoms with Crippen LogP contribution >= 0.6 is 15.9 Å². The molecule has 1 amide bonds. The normalized spacial score (nSPS) is 16.6. The second kappa shape index (κ2) is 8.36. The van der Waals surface area contributed by atoms with E-state index < -0.39 is 0 Å². The number of halogens is 1. The zero-order valence-corrected chi connectivity index (χ0v) is 13.6. The van der Waals surface area contributed by atoms with Crippen molar-refractivity contribution in [1.29, 1.82) is 0 Å². The first-order valence-corrected chi connectivity index (χ1v) is 7.97. The van der Waals surface area contributed by atoms with Crippen LogP contribution in [0.5, 0.6) is 5.75 Å². The molecule has 1 aromatic rings. The van der Waals surface area contributed by atoms with Crippen LogP contribution in [0.3, 0.4) is 0 Å². The van der Waals surface area contributed by atoms with Gasteiger partial charge in [0, 0.05) is 30.7 Å². The minimum Gasteiger partial charge on any atom is -0.484 e. The van der Waals surface area contributed by atoms with Crippen LogP contribution in [0.1, 0.15) is 6.42 Å². The van der Waals surface area contributed by atoms with Gasteiger partial charge in [-0.25, -0.2) is 0 Å². The third-order valence-electron chi connectivity index (χ3n) is 3.53.